The van der Waals surface area contributed by atoms with E-state index >= 15 is 0 Å². The Balaban J connectivity index is 2.17. The quantitative estimate of drug-likeness (QED) is 0.877. The molecule has 0 spiro atoms. The lowest BCUT2D eigenvalue weighted by atomic mass is 10.0. The van der Waals surface area contributed by atoms with Gasteiger partial charge in [-0.15, -0.1) is 0 Å². The standard InChI is InChI=1S/C12H20N2O3S/c1-9(13)12(11-4-3-6-17-11)14(2)10-5-7-18(15,16)8-10/h3-4,6,9-10,12H,5,7-8,13H2,1-2H3. The second-order valence-electron chi connectivity index (χ2n) is 5.04. The number of hydrogen-bond donors (Lipinski definition) is 1. The molecule has 1 aromatic heterocycles. The third kappa shape index (κ3) is 2.76. The second-order valence-corrected chi connectivity index (χ2v) is 7.27. The summed E-state index contributed by atoms with van der Waals surface area (Å²) < 4.78 is 28.5. The van der Waals surface area contributed by atoms with E-state index in [4.69, 9.17) is 10.2 Å². The van der Waals surface area contributed by atoms with Gasteiger partial charge in [0.25, 0.3) is 0 Å². The maximum Gasteiger partial charge on any atom is 0.151 e. The Kier molecular flexibility index (Phi) is 3.79. The molecule has 2 heterocycles. The summed E-state index contributed by atoms with van der Waals surface area (Å²) in [6, 6.07) is 3.52. The topological polar surface area (TPSA) is 76.5 Å². The largest absolute Gasteiger partial charge is 0.468 e. The van der Waals surface area contributed by atoms with Crippen molar-refractivity contribution in [1.82, 2.24) is 4.90 Å². The molecule has 0 aromatic carbocycles. The maximum absolute atomic E-state index is 11.5. The Morgan fingerprint density at radius 2 is 2.28 bits per heavy atom. The molecule has 0 aliphatic carbocycles. The van der Waals surface area contributed by atoms with E-state index < -0.39 is 9.84 Å². The SMILES string of the molecule is CC(N)C(c1ccco1)N(C)C1CCS(=O)(=O)C1. The van der Waals surface area contributed by atoms with Gasteiger partial charge in [-0.2, -0.15) is 0 Å². The van der Waals surface area contributed by atoms with Crippen molar-refractivity contribution in [3.05, 3.63) is 24.2 Å². The van der Waals surface area contributed by atoms with Crippen molar-refractivity contribution in [2.24, 2.45) is 5.73 Å². The summed E-state index contributed by atoms with van der Waals surface area (Å²) in [6.07, 6.45) is 2.28. The number of nitrogens with two attached hydrogens (primary N) is 1. The van der Waals surface area contributed by atoms with Gasteiger partial charge in [-0.1, -0.05) is 0 Å². The van der Waals surface area contributed by atoms with E-state index in [0.717, 1.165) is 5.76 Å². The molecule has 18 heavy (non-hydrogen) atoms. The Morgan fingerprint density at radius 3 is 2.72 bits per heavy atom. The summed E-state index contributed by atoms with van der Waals surface area (Å²) in [5.41, 5.74) is 6.01. The van der Waals surface area contributed by atoms with Crippen LogP contribution in [-0.2, 0) is 9.84 Å². The van der Waals surface area contributed by atoms with Crippen molar-refractivity contribution in [3.63, 3.8) is 0 Å². The predicted molar refractivity (Wildman–Crippen MR) is 69.9 cm³/mol. The molecule has 0 radical (unpaired) electrons. The highest BCUT2D eigenvalue weighted by atomic mass is 32.2. The van der Waals surface area contributed by atoms with Gasteiger partial charge in [-0.05, 0) is 32.5 Å². The molecule has 3 unspecified atom stereocenters. The van der Waals surface area contributed by atoms with E-state index in [-0.39, 0.29) is 29.6 Å². The van der Waals surface area contributed by atoms with Crippen molar-refractivity contribution in [1.29, 1.82) is 0 Å². The van der Waals surface area contributed by atoms with Crippen LogP contribution >= 0.6 is 0 Å². The summed E-state index contributed by atoms with van der Waals surface area (Å²) in [4.78, 5) is 2.04. The first kappa shape index (κ1) is 13.6. The second kappa shape index (κ2) is 5.03. The summed E-state index contributed by atoms with van der Waals surface area (Å²) in [6.45, 7) is 1.91. The Hall–Kier alpha value is -0.850. The first-order chi connectivity index (χ1) is 8.41. The number of hydrogen-bond acceptors (Lipinski definition) is 5. The fraction of sp³-hybridized carbons (Fsp3) is 0.667. The maximum atomic E-state index is 11.5. The van der Waals surface area contributed by atoms with Crippen LogP contribution in [0.4, 0.5) is 0 Å². The van der Waals surface area contributed by atoms with E-state index in [1.165, 1.54) is 0 Å². The molecular formula is C12H20N2O3S. The Bertz CT molecular complexity index is 481. The van der Waals surface area contributed by atoms with Crippen LogP contribution in [0, 0.1) is 0 Å². The van der Waals surface area contributed by atoms with Gasteiger partial charge in [0.15, 0.2) is 9.84 Å². The van der Waals surface area contributed by atoms with Crippen molar-refractivity contribution >= 4 is 9.84 Å². The number of rotatable bonds is 4. The lowest BCUT2D eigenvalue weighted by Gasteiger charge is -2.33. The average molecular weight is 272 g/mol. The molecular weight excluding hydrogens is 252 g/mol. The van der Waals surface area contributed by atoms with Crippen molar-refractivity contribution in [3.8, 4) is 0 Å². The molecule has 2 N–H and O–H groups in total. The van der Waals surface area contributed by atoms with Gasteiger partial charge >= 0.3 is 0 Å². The lowest BCUT2D eigenvalue weighted by Crippen LogP contribution is -2.43. The smallest absolute Gasteiger partial charge is 0.151 e. The molecule has 0 bridgehead atoms. The molecule has 1 aliphatic rings. The van der Waals surface area contributed by atoms with Gasteiger partial charge < -0.3 is 10.2 Å². The Labute approximate surface area is 108 Å². The van der Waals surface area contributed by atoms with Gasteiger partial charge in [0.2, 0.25) is 0 Å². The van der Waals surface area contributed by atoms with Crippen LogP contribution < -0.4 is 5.73 Å². The van der Waals surface area contributed by atoms with Gasteiger partial charge in [0, 0.05) is 12.1 Å². The summed E-state index contributed by atoms with van der Waals surface area (Å²) in [5.74, 6) is 1.27. The highest BCUT2D eigenvalue weighted by Gasteiger charge is 2.36. The first-order valence-corrected chi connectivity index (χ1v) is 7.94. The lowest BCUT2D eigenvalue weighted by molar-refractivity contribution is 0.147. The third-order valence-electron chi connectivity index (χ3n) is 3.56. The minimum absolute atomic E-state index is 0.0242. The molecule has 1 saturated heterocycles. The number of furan rings is 1. The van der Waals surface area contributed by atoms with E-state index in [2.05, 4.69) is 0 Å². The first-order valence-electron chi connectivity index (χ1n) is 6.12. The van der Waals surface area contributed by atoms with Crippen molar-refractivity contribution in [2.75, 3.05) is 18.6 Å². The molecule has 0 amide bonds. The van der Waals surface area contributed by atoms with Gasteiger partial charge in [0.05, 0.1) is 23.8 Å². The zero-order valence-corrected chi connectivity index (χ0v) is 11.6. The zero-order chi connectivity index (χ0) is 13.3. The predicted octanol–water partition coefficient (Wildman–Crippen LogP) is 0.787. The molecule has 1 aliphatic heterocycles. The van der Waals surface area contributed by atoms with Crippen LogP contribution in [-0.4, -0.2) is 44.0 Å². The molecule has 1 aromatic rings. The fourth-order valence-corrected chi connectivity index (χ4v) is 4.40. The van der Waals surface area contributed by atoms with E-state index in [9.17, 15) is 8.42 Å². The molecule has 2 rings (SSSR count). The van der Waals surface area contributed by atoms with Crippen molar-refractivity contribution < 1.29 is 12.8 Å². The van der Waals surface area contributed by atoms with Crippen LogP contribution in [0.3, 0.4) is 0 Å². The van der Waals surface area contributed by atoms with Crippen LogP contribution in [0.1, 0.15) is 25.1 Å². The van der Waals surface area contributed by atoms with E-state index in [0.29, 0.717) is 6.42 Å². The van der Waals surface area contributed by atoms with E-state index in [1.54, 1.807) is 6.26 Å². The van der Waals surface area contributed by atoms with Crippen molar-refractivity contribution in [2.45, 2.75) is 31.5 Å². The molecule has 102 valence electrons. The summed E-state index contributed by atoms with van der Waals surface area (Å²) in [7, 11) is -0.963. The monoisotopic (exact) mass is 272 g/mol. The van der Waals surface area contributed by atoms with Gasteiger partial charge in [0.1, 0.15) is 5.76 Å². The van der Waals surface area contributed by atoms with Crippen LogP contribution in [0.25, 0.3) is 0 Å². The molecule has 1 fully saturated rings. The minimum atomic E-state index is -2.88. The van der Waals surface area contributed by atoms with Gasteiger partial charge in [-0.3, -0.25) is 4.90 Å². The van der Waals surface area contributed by atoms with Crippen LogP contribution in [0.2, 0.25) is 0 Å². The average Bonchev–Trinajstić information content (AvgIpc) is 2.87. The van der Waals surface area contributed by atoms with Gasteiger partial charge in [-0.25, -0.2) is 8.42 Å². The normalized spacial score (nSPS) is 26.3. The molecule has 3 atom stereocenters. The number of nitrogens with zero attached hydrogens (tertiary/aromatic N) is 1. The van der Waals surface area contributed by atoms with Crippen LogP contribution in [0.5, 0.6) is 0 Å². The van der Waals surface area contributed by atoms with Crippen LogP contribution in [0.15, 0.2) is 22.8 Å². The highest BCUT2D eigenvalue weighted by molar-refractivity contribution is 7.91. The number of likely N-dealkylation sites (N-methyl/N-ethyl adjacent to an activating group) is 1. The minimum Gasteiger partial charge on any atom is -0.468 e. The Morgan fingerprint density at radius 1 is 1.56 bits per heavy atom. The highest BCUT2D eigenvalue weighted by Crippen LogP contribution is 2.28. The number of sulfone groups is 1. The molecule has 6 heteroatoms. The van der Waals surface area contributed by atoms with E-state index in [1.807, 2.05) is 31.0 Å². The fourth-order valence-electron chi connectivity index (χ4n) is 2.61. The zero-order valence-electron chi connectivity index (χ0n) is 10.7. The molecule has 5 nitrogen and oxygen atoms in total. The molecule has 0 saturated carbocycles. The third-order valence-corrected chi connectivity index (χ3v) is 5.31. The summed E-state index contributed by atoms with van der Waals surface area (Å²) >= 11 is 0. The summed E-state index contributed by atoms with van der Waals surface area (Å²) in [5, 5.41) is 0.